The normalized spacial score (nSPS) is 16.4. The Morgan fingerprint density at radius 3 is 2.58 bits per heavy atom. The molecule has 1 aromatic carbocycles. The number of rotatable bonds is 2. The van der Waals surface area contributed by atoms with E-state index in [4.69, 9.17) is 10.5 Å². The predicted octanol–water partition coefficient (Wildman–Crippen LogP) is 1.70. The molecule has 0 radical (unpaired) electrons. The number of benzene rings is 1. The van der Waals surface area contributed by atoms with Crippen LogP contribution >= 0.6 is 0 Å². The average molecular weight is 262 g/mol. The number of amides is 1. The molecule has 1 aliphatic heterocycles. The Hall–Kier alpha value is -2.04. The Morgan fingerprint density at radius 2 is 2.05 bits per heavy atom. The fraction of sp³-hybridized carbons (Fsp3) is 0.429. The molecule has 1 aromatic rings. The van der Waals surface area contributed by atoms with Crippen molar-refractivity contribution in [2.24, 2.45) is 0 Å². The summed E-state index contributed by atoms with van der Waals surface area (Å²) < 4.78 is 4.71. The van der Waals surface area contributed by atoms with Gasteiger partial charge in [0, 0.05) is 17.9 Å². The zero-order valence-corrected chi connectivity index (χ0v) is 11.6. The molecule has 1 aliphatic rings. The Kier molecular flexibility index (Phi) is 3.00. The Bertz CT molecular complexity index is 564. The summed E-state index contributed by atoms with van der Waals surface area (Å²) in [7, 11) is 1.31. The van der Waals surface area contributed by atoms with Crippen LogP contribution in [0, 0.1) is 0 Å². The van der Waals surface area contributed by atoms with E-state index in [0.29, 0.717) is 17.8 Å². The highest BCUT2D eigenvalue weighted by atomic mass is 16.5. The lowest BCUT2D eigenvalue weighted by atomic mass is 9.85. The first kappa shape index (κ1) is 13.4. The van der Waals surface area contributed by atoms with Crippen molar-refractivity contribution in [1.82, 2.24) is 0 Å². The predicted molar refractivity (Wildman–Crippen MR) is 73.2 cm³/mol. The SMILES string of the molecule is CCN1C(=O)C(C)(C)c2cc(C(=O)OC)c(N)cc21. The number of likely N-dealkylation sites (N-methyl/N-ethyl adjacent to an activating group) is 1. The Morgan fingerprint density at radius 1 is 1.42 bits per heavy atom. The van der Waals surface area contributed by atoms with Gasteiger partial charge in [-0.1, -0.05) is 0 Å². The number of carbonyl (C=O) groups is 2. The van der Waals surface area contributed by atoms with E-state index in [1.54, 1.807) is 17.0 Å². The minimum Gasteiger partial charge on any atom is -0.465 e. The van der Waals surface area contributed by atoms with Crippen LogP contribution in [0.15, 0.2) is 12.1 Å². The smallest absolute Gasteiger partial charge is 0.339 e. The molecule has 0 aliphatic carbocycles. The molecule has 2 N–H and O–H groups in total. The Labute approximate surface area is 112 Å². The van der Waals surface area contributed by atoms with E-state index < -0.39 is 11.4 Å². The molecule has 0 saturated heterocycles. The van der Waals surface area contributed by atoms with E-state index in [9.17, 15) is 9.59 Å². The summed E-state index contributed by atoms with van der Waals surface area (Å²) in [5.41, 5.74) is 7.46. The molecule has 0 unspecified atom stereocenters. The molecule has 0 fully saturated rings. The van der Waals surface area contributed by atoms with E-state index in [0.717, 1.165) is 11.3 Å². The van der Waals surface area contributed by atoms with Gasteiger partial charge >= 0.3 is 5.97 Å². The van der Waals surface area contributed by atoms with Crippen molar-refractivity contribution in [2.45, 2.75) is 26.2 Å². The number of hydrogen-bond donors (Lipinski definition) is 1. The topological polar surface area (TPSA) is 72.6 Å². The third-order valence-electron chi connectivity index (χ3n) is 3.63. The molecule has 0 atom stereocenters. The maximum absolute atomic E-state index is 12.3. The summed E-state index contributed by atoms with van der Waals surface area (Å²) in [6, 6.07) is 3.35. The van der Waals surface area contributed by atoms with Crippen LogP contribution in [0.4, 0.5) is 11.4 Å². The maximum Gasteiger partial charge on any atom is 0.339 e. The zero-order chi connectivity index (χ0) is 14.4. The van der Waals surface area contributed by atoms with E-state index >= 15 is 0 Å². The van der Waals surface area contributed by atoms with Crippen molar-refractivity contribution < 1.29 is 14.3 Å². The number of methoxy groups -OCH3 is 1. The minimum absolute atomic E-state index is 0.0198. The first-order valence-corrected chi connectivity index (χ1v) is 6.18. The first-order valence-electron chi connectivity index (χ1n) is 6.18. The summed E-state index contributed by atoms with van der Waals surface area (Å²) in [4.78, 5) is 25.7. The van der Waals surface area contributed by atoms with Crippen LogP contribution in [-0.4, -0.2) is 25.5 Å². The molecule has 1 heterocycles. The van der Waals surface area contributed by atoms with E-state index in [1.807, 2.05) is 20.8 Å². The molecule has 102 valence electrons. The number of nitrogen functional groups attached to an aromatic ring is 1. The molecule has 5 nitrogen and oxygen atoms in total. The fourth-order valence-electron chi connectivity index (χ4n) is 2.49. The lowest BCUT2D eigenvalue weighted by Crippen LogP contribution is -2.35. The molecular formula is C14H18N2O3. The van der Waals surface area contributed by atoms with Gasteiger partial charge in [-0.05, 0) is 38.5 Å². The number of carbonyl (C=O) groups excluding carboxylic acids is 2. The van der Waals surface area contributed by atoms with Gasteiger partial charge in [0.05, 0.1) is 18.1 Å². The van der Waals surface area contributed by atoms with Crippen LogP contribution in [0.1, 0.15) is 36.7 Å². The van der Waals surface area contributed by atoms with Gasteiger partial charge in [-0.15, -0.1) is 0 Å². The van der Waals surface area contributed by atoms with Gasteiger partial charge in [0.15, 0.2) is 0 Å². The number of hydrogen-bond acceptors (Lipinski definition) is 4. The number of fused-ring (bicyclic) bond motifs is 1. The van der Waals surface area contributed by atoms with Gasteiger partial charge in [-0.2, -0.15) is 0 Å². The van der Waals surface area contributed by atoms with Crippen LogP contribution < -0.4 is 10.6 Å². The molecular weight excluding hydrogens is 244 g/mol. The molecule has 19 heavy (non-hydrogen) atoms. The van der Waals surface area contributed by atoms with Gasteiger partial charge in [-0.3, -0.25) is 4.79 Å². The third-order valence-corrected chi connectivity index (χ3v) is 3.63. The van der Waals surface area contributed by atoms with Crippen LogP contribution in [0.2, 0.25) is 0 Å². The molecule has 0 spiro atoms. The highest BCUT2D eigenvalue weighted by Crippen LogP contribution is 2.43. The summed E-state index contributed by atoms with van der Waals surface area (Å²) in [6.07, 6.45) is 0. The molecule has 5 heteroatoms. The van der Waals surface area contributed by atoms with E-state index in [2.05, 4.69) is 0 Å². The van der Waals surface area contributed by atoms with Gasteiger partial charge in [-0.25, -0.2) is 4.79 Å². The van der Waals surface area contributed by atoms with Crippen molar-refractivity contribution >= 4 is 23.3 Å². The number of nitrogens with zero attached hydrogens (tertiary/aromatic N) is 1. The number of anilines is 2. The van der Waals surface area contributed by atoms with Crippen LogP contribution in [0.25, 0.3) is 0 Å². The van der Waals surface area contributed by atoms with Crippen LogP contribution in [0.3, 0.4) is 0 Å². The molecule has 0 bridgehead atoms. The van der Waals surface area contributed by atoms with Crippen molar-refractivity contribution in [3.63, 3.8) is 0 Å². The van der Waals surface area contributed by atoms with E-state index in [-0.39, 0.29) is 5.91 Å². The monoisotopic (exact) mass is 262 g/mol. The second-order valence-electron chi connectivity index (χ2n) is 5.12. The summed E-state index contributed by atoms with van der Waals surface area (Å²) >= 11 is 0. The summed E-state index contributed by atoms with van der Waals surface area (Å²) in [6.45, 7) is 6.18. The lowest BCUT2D eigenvalue weighted by molar-refractivity contribution is -0.122. The highest BCUT2D eigenvalue weighted by Gasteiger charge is 2.44. The average Bonchev–Trinajstić information content (AvgIpc) is 2.55. The van der Waals surface area contributed by atoms with Crippen LogP contribution in [0.5, 0.6) is 0 Å². The van der Waals surface area contributed by atoms with Gasteiger partial charge in [0.2, 0.25) is 5.91 Å². The van der Waals surface area contributed by atoms with Gasteiger partial charge < -0.3 is 15.4 Å². The van der Waals surface area contributed by atoms with Crippen molar-refractivity contribution in [1.29, 1.82) is 0 Å². The number of esters is 1. The Balaban J connectivity index is 2.67. The zero-order valence-electron chi connectivity index (χ0n) is 11.6. The van der Waals surface area contributed by atoms with Crippen LogP contribution in [-0.2, 0) is 14.9 Å². The van der Waals surface area contributed by atoms with Gasteiger partial charge in [0.25, 0.3) is 0 Å². The van der Waals surface area contributed by atoms with Crippen molar-refractivity contribution in [3.05, 3.63) is 23.3 Å². The molecule has 0 aromatic heterocycles. The molecule has 0 saturated carbocycles. The molecule has 2 rings (SSSR count). The lowest BCUT2D eigenvalue weighted by Gasteiger charge is -2.18. The quantitative estimate of drug-likeness (QED) is 0.650. The molecule has 1 amide bonds. The third kappa shape index (κ3) is 1.77. The minimum atomic E-state index is -0.651. The highest BCUT2D eigenvalue weighted by molar-refractivity contribution is 6.09. The van der Waals surface area contributed by atoms with Crippen molar-refractivity contribution in [3.8, 4) is 0 Å². The van der Waals surface area contributed by atoms with Crippen molar-refractivity contribution in [2.75, 3.05) is 24.3 Å². The number of ether oxygens (including phenoxy) is 1. The first-order chi connectivity index (χ1) is 8.84. The largest absolute Gasteiger partial charge is 0.465 e. The maximum atomic E-state index is 12.3. The fourth-order valence-corrected chi connectivity index (χ4v) is 2.49. The number of nitrogens with two attached hydrogens (primary N) is 1. The summed E-state index contributed by atoms with van der Waals surface area (Å²) in [5.74, 6) is -0.468. The van der Waals surface area contributed by atoms with E-state index in [1.165, 1.54) is 7.11 Å². The standard InChI is InChI=1S/C14H18N2O3/c1-5-16-11-7-10(15)8(12(17)19-4)6-9(11)14(2,3)13(16)18/h6-7H,5,15H2,1-4H3. The second kappa shape index (κ2) is 4.26. The summed E-state index contributed by atoms with van der Waals surface area (Å²) in [5, 5.41) is 0. The second-order valence-corrected chi connectivity index (χ2v) is 5.12. The van der Waals surface area contributed by atoms with Gasteiger partial charge in [0.1, 0.15) is 0 Å².